The van der Waals surface area contributed by atoms with Crippen LogP contribution in [0.15, 0.2) is 23.4 Å². The molecule has 1 saturated carbocycles. The molecule has 1 aromatic carbocycles. The van der Waals surface area contributed by atoms with Gasteiger partial charge in [-0.25, -0.2) is 0 Å². The van der Waals surface area contributed by atoms with E-state index in [0.29, 0.717) is 11.1 Å². The number of halogens is 1. The van der Waals surface area contributed by atoms with E-state index in [1.165, 1.54) is 49.2 Å². The summed E-state index contributed by atoms with van der Waals surface area (Å²) in [5.41, 5.74) is 0.0940. The van der Waals surface area contributed by atoms with E-state index in [9.17, 15) is 14.9 Å². The van der Waals surface area contributed by atoms with E-state index in [1.807, 2.05) is 6.92 Å². The Kier molecular flexibility index (Phi) is 6.90. The van der Waals surface area contributed by atoms with Gasteiger partial charge in [-0.05, 0) is 25.8 Å². The number of hydrogen-bond acceptors (Lipinski definition) is 6. The average molecular weight is 424 g/mol. The Hall–Kier alpha value is -2.13. The molecule has 3 rings (SSSR count). The molecule has 1 N–H and O–H groups in total. The summed E-state index contributed by atoms with van der Waals surface area (Å²) in [4.78, 5) is 22.7. The number of thioether (sulfide) groups is 1. The Balaban J connectivity index is 1.64. The van der Waals surface area contributed by atoms with E-state index in [0.717, 1.165) is 25.2 Å². The summed E-state index contributed by atoms with van der Waals surface area (Å²) in [7, 11) is 0. The molecule has 1 aliphatic rings. The molecule has 0 atom stereocenters. The van der Waals surface area contributed by atoms with Crippen molar-refractivity contribution in [1.29, 1.82) is 0 Å². The second-order valence-corrected chi connectivity index (χ2v) is 8.03. The molecule has 1 amide bonds. The highest BCUT2D eigenvalue weighted by atomic mass is 35.5. The molecular formula is C18H22ClN5O3S. The zero-order valence-corrected chi connectivity index (χ0v) is 17.1. The number of benzene rings is 1. The van der Waals surface area contributed by atoms with Gasteiger partial charge in [-0.15, -0.1) is 10.2 Å². The molecule has 0 unspecified atom stereocenters. The molecule has 2 aromatic rings. The Morgan fingerprint density at radius 3 is 2.79 bits per heavy atom. The van der Waals surface area contributed by atoms with E-state index in [1.54, 1.807) is 0 Å². The summed E-state index contributed by atoms with van der Waals surface area (Å²) in [5, 5.41) is 23.1. The first-order chi connectivity index (χ1) is 13.5. The molecule has 0 radical (unpaired) electrons. The van der Waals surface area contributed by atoms with Crippen molar-refractivity contribution >= 4 is 40.6 Å². The number of carbonyl (C=O) groups is 1. The highest BCUT2D eigenvalue weighted by Gasteiger charge is 2.23. The summed E-state index contributed by atoms with van der Waals surface area (Å²) in [6.45, 7) is 2.79. The van der Waals surface area contributed by atoms with E-state index in [2.05, 4.69) is 20.1 Å². The van der Waals surface area contributed by atoms with Crippen molar-refractivity contribution in [2.24, 2.45) is 0 Å². The SMILES string of the molecule is CCn1c(SCC(=O)Nc2cc([N+](=O)[O-])ccc2Cl)nnc1C1CCCCC1. The third-order valence-electron chi connectivity index (χ3n) is 4.80. The number of nitro groups is 1. The molecule has 8 nitrogen and oxygen atoms in total. The number of hydrogen-bond donors (Lipinski definition) is 1. The van der Waals surface area contributed by atoms with Gasteiger partial charge in [0.15, 0.2) is 5.16 Å². The minimum Gasteiger partial charge on any atom is -0.324 e. The van der Waals surface area contributed by atoms with Crippen molar-refractivity contribution in [3.05, 3.63) is 39.2 Å². The topological polar surface area (TPSA) is 103 Å². The van der Waals surface area contributed by atoms with Crippen LogP contribution in [0.2, 0.25) is 5.02 Å². The van der Waals surface area contributed by atoms with Gasteiger partial charge in [0, 0.05) is 24.6 Å². The highest BCUT2D eigenvalue weighted by Crippen LogP contribution is 2.33. The van der Waals surface area contributed by atoms with Crippen LogP contribution < -0.4 is 5.32 Å². The summed E-state index contributed by atoms with van der Waals surface area (Å²) >= 11 is 7.33. The van der Waals surface area contributed by atoms with Crippen LogP contribution in [0, 0.1) is 10.1 Å². The molecule has 1 fully saturated rings. The lowest BCUT2D eigenvalue weighted by atomic mass is 9.89. The van der Waals surface area contributed by atoms with Gasteiger partial charge in [0.05, 0.1) is 21.4 Å². The highest BCUT2D eigenvalue weighted by molar-refractivity contribution is 7.99. The predicted octanol–water partition coefficient (Wildman–Crippen LogP) is 4.64. The minimum atomic E-state index is -0.531. The lowest BCUT2D eigenvalue weighted by molar-refractivity contribution is -0.384. The smallest absolute Gasteiger partial charge is 0.271 e. The molecule has 0 spiro atoms. The fourth-order valence-electron chi connectivity index (χ4n) is 3.41. The van der Waals surface area contributed by atoms with Crippen molar-refractivity contribution in [1.82, 2.24) is 14.8 Å². The first-order valence-electron chi connectivity index (χ1n) is 9.29. The van der Waals surface area contributed by atoms with Gasteiger partial charge in [-0.3, -0.25) is 14.9 Å². The average Bonchev–Trinajstić information content (AvgIpc) is 3.11. The molecule has 1 aromatic heterocycles. The quantitative estimate of drug-likeness (QED) is 0.395. The number of aromatic nitrogens is 3. The summed E-state index contributed by atoms with van der Waals surface area (Å²) in [6.07, 6.45) is 5.98. The minimum absolute atomic E-state index is 0.113. The third kappa shape index (κ3) is 4.82. The maximum Gasteiger partial charge on any atom is 0.271 e. The number of nitro benzene ring substituents is 1. The van der Waals surface area contributed by atoms with Crippen molar-refractivity contribution < 1.29 is 9.72 Å². The van der Waals surface area contributed by atoms with Crippen LogP contribution in [0.5, 0.6) is 0 Å². The van der Waals surface area contributed by atoms with E-state index < -0.39 is 4.92 Å². The van der Waals surface area contributed by atoms with Gasteiger partial charge in [0.2, 0.25) is 5.91 Å². The van der Waals surface area contributed by atoms with Crippen molar-refractivity contribution in [3.63, 3.8) is 0 Å². The lowest BCUT2D eigenvalue weighted by Gasteiger charge is -2.21. The third-order valence-corrected chi connectivity index (χ3v) is 6.10. The van der Waals surface area contributed by atoms with Gasteiger partial charge in [-0.2, -0.15) is 0 Å². The molecule has 1 aliphatic carbocycles. The number of rotatable bonds is 7. The zero-order valence-electron chi connectivity index (χ0n) is 15.6. The van der Waals surface area contributed by atoms with Gasteiger partial charge in [-0.1, -0.05) is 42.6 Å². The van der Waals surface area contributed by atoms with Crippen molar-refractivity contribution in [2.75, 3.05) is 11.1 Å². The largest absolute Gasteiger partial charge is 0.324 e. The first kappa shape index (κ1) is 20.6. The van der Waals surface area contributed by atoms with E-state index >= 15 is 0 Å². The zero-order chi connectivity index (χ0) is 20.1. The number of anilines is 1. The Labute approximate surface area is 172 Å². The van der Waals surface area contributed by atoms with Gasteiger partial charge in [0.25, 0.3) is 5.69 Å². The molecule has 150 valence electrons. The fraction of sp³-hybridized carbons (Fsp3) is 0.500. The van der Waals surface area contributed by atoms with E-state index in [-0.39, 0.29) is 28.1 Å². The summed E-state index contributed by atoms with van der Waals surface area (Å²) in [6, 6.07) is 3.94. The molecule has 0 aliphatic heterocycles. The Morgan fingerprint density at radius 1 is 1.36 bits per heavy atom. The molecule has 0 saturated heterocycles. The van der Waals surface area contributed by atoms with Crippen LogP contribution in [0.3, 0.4) is 0 Å². The standard InChI is InChI=1S/C18H22ClN5O3S/c1-2-23-17(12-6-4-3-5-7-12)21-22-18(23)28-11-16(25)20-15-10-13(24(26)27)8-9-14(15)19/h8-10,12H,2-7,11H2,1H3,(H,20,25). The Bertz CT molecular complexity index is 867. The number of non-ortho nitro benzene ring substituents is 1. The molecule has 1 heterocycles. The second-order valence-electron chi connectivity index (χ2n) is 6.68. The van der Waals surface area contributed by atoms with Crippen LogP contribution >= 0.6 is 23.4 Å². The first-order valence-corrected chi connectivity index (χ1v) is 10.7. The monoisotopic (exact) mass is 423 g/mol. The lowest BCUT2D eigenvalue weighted by Crippen LogP contribution is -2.16. The molecular weight excluding hydrogens is 402 g/mol. The van der Waals surface area contributed by atoms with Crippen LogP contribution in [-0.2, 0) is 11.3 Å². The maximum absolute atomic E-state index is 12.3. The normalized spacial score (nSPS) is 14.8. The summed E-state index contributed by atoms with van der Waals surface area (Å²) in [5.74, 6) is 1.25. The second kappa shape index (κ2) is 9.38. The van der Waals surface area contributed by atoms with Crippen molar-refractivity contribution in [3.8, 4) is 0 Å². The fourth-order valence-corrected chi connectivity index (χ4v) is 4.38. The van der Waals surface area contributed by atoms with Crippen LogP contribution in [0.1, 0.15) is 50.8 Å². The molecule has 10 heteroatoms. The molecule has 28 heavy (non-hydrogen) atoms. The van der Waals surface area contributed by atoms with E-state index in [4.69, 9.17) is 11.6 Å². The van der Waals surface area contributed by atoms with Crippen LogP contribution in [0.4, 0.5) is 11.4 Å². The number of amides is 1. The number of carbonyl (C=O) groups excluding carboxylic acids is 1. The van der Waals surface area contributed by atoms with Gasteiger partial charge in [0.1, 0.15) is 5.82 Å². The van der Waals surface area contributed by atoms with Gasteiger partial charge < -0.3 is 9.88 Å². The molecule has 0 bridgehead atoms. The van der Waals surface area contributed by atoms with Crippen molar-refractivity contribution in [2.45, 2.75) is 56.6 Å². The summed E-state index contributed by atoms with van der Waals surface area (Å²) < 4.78 is 2.08. The number of nitrogens with zero attached hydrogens (tertiary/aromatic N) is 4. The van der Waals surface area contributed by atoms with Gasteiger partial charge >= 0.3 is 0 Å². The van der Waals surface area contributed by atoms with Crippen LogP contribution in [-0.4, -0.2) is 31.3 Å². The maximum atomic E-state index is 12.3. The van der Waals surface area contributed by atoms with Crippen LogP contribution in [0.25, 0.3) is 0 Å². The number of nitrogens with one attached hydrogen (secondary N) is 1. The predicted molar refractivity (Wildman–Crippen MR) is 109 cm³/mol. The Morgan fingerprint density at radius 2 is 2.11 bits per heavy atom.